The van der Waals surface area contributed by atoms with Gasteiger partial charge >= 0.3 is 5.97 Å². The number of nitrogens with two attached hydrogens (primary N) is 1. The van der Waals surface area contributed by atoms with Crippen molar-refractivity contribution in [3.8, 4) is 0 Å². The number of rotatable bonds is 2. The quantitative estimate of drug-likeness (QED) is 0.673. The highest BCUT2D eigenvalue weighted by Gasteiger charge is 2.19. The monoisotopic (exact) mass is 270 g/mol. The van der Waals surface area contributed by atoms with Gasteiger partial charge in [-0.05, 0) is 19.9 Å². The van der Waals surface area contributed by atoms with Crippen molar-refractivity contribution in [2.24, 2.45) is 0 Å². The number of halogens is 1. The van der Waals surface area contributed by atoms with Gasteiger partial charge in [0.1, 0.15) is 10.0 Å². The van der Waals surface area contributed by atoms with E-state index in [2.05, 4.69) is 4.98 Å². The lowest BCUT2D eigenvalue weighted by Crippen LogP contribution is -2.04. The molecular formula is C11H11ClN2O2S. The summed E-state index contributed by atoms with van der Waals surface area (Å²) in [6, 6.07) is 1.70. The summed E-state index contributed by atoms with van der Waals surface area (Å²) in [5.74, 6) is -0.401. The number of carbonyl (C=O) groups is 1. The van der Waals surface area contributed by atoms with Gasteiger partial charge in [0.05, 0.1) is 12.3 Å². The first-order valence-electron chi connectivity index (χ1n) is 5.06. The summed E-state index contributed by atoms with van der Waals surface area (Å²) in [6.45, 7) is 3.89. The van der Waals surface area contributed by atoms with Crippen LogP contribution in [0.1, 0.15) is 22.3 Å². The normalized spacial score (nSPS) is 10.8. The van der Waals surface area contributed by atoms with Crippen LogP contribution >= 0.6 is 22.9 Å². The Hall–Kier alpha value is -1.33. The number of ether oxygens (including phenoxy) is 1. The summed E-state index contributed by atoms with van der Waals surface area (Å²) in [6.07, 6.45) is 0. The van der Waals surface area contributed by atoms with Gasteiger partial charge in [-0.3, -0.25) is 0 Å². The second kappa shape index (κ2) is 4.50. The second-order valence-corrected chi connectivity index (χ2v) is 4.91. The minimum atomic E-state index is -0.401. The Kier molecular flexibility index (Phi) is 3.22. The van der Waals surface area contributed by atoms with E-state index >= 15 is 0 Å². The highest BCUT2D eigenvalue weighted by atomic mass is 35.5. The summed E-state index contributed by atoms with van der Waals surface area (Å²) in [5.41, 5.74) is 7.09. The Balaban J connectivity index is 2.64. The molecule has 2 rings (SSSR count). The molecule has 2 N–H and O–H groups in total. The van der Waals surface area contributed by atoms with Crippen molar-refractivity contribution in [1.29, 1.82) is 0 Å². The molecule has 90 valence electrons. The second-order valence-electron chi connectivity index (χ2n) is 3.47. The molecule has 17 heavy (non-hydrogen) atoms. The Morgan fingerprint density at radius 3 is 3.00 bits per heavy atom. The predicted octanol–water partition coefficient (Wildman–Crippen LogP) is 3.02. The van der Waals surface area contributed by atoms with Crippen LogP contribution in [0.25, 0.3) is 10.1 Å². The van der Waals surface area contributed by atoms with E-state index in [1.807, 2.05) is 6.92 Å². The predicted molar refractivity (Wildman–Crippen MR) is 69.7 cm³/mol. The van der Waals surface area contributed by atoms with Gasteiger partial charge in [0.15, 0.2) is 0 Å². The van der Waals surface area contributed by atoms with Crippen molar-refractivity contribution in [2.75, 3.05) is 12.3 Å². The van der Waals surface area contributed by atoms with Gasteiger partial charge < -0.3 is 10.5 Å². The lowest BCUT2D eigenvalue weighted by Gasteiger charge is -2.00. The number of thiophene rings is 1. The highest BCUT2D eigenvalue weighted by molar-refractivity contribution is 7.21. The van der Waals surface area contributed by atoms with Crippen LogP contribution in [0.3, 0.4) is 0 Å². The summed E-state index contributed by atoms with van der Waals surface area (Å²) >= 11 is 7.14. The van der Waals surface area contributed by atoms with Crippen LogP contribution in [0.4, 0.5) is 5.69 Å². The number of nitrogens with zero attached hydrogens (tertiary/aromatic N) is 1. The molecule has 0 amide bonds. The molecule has 2 heterocycles. The molecule has 2 aromatic heterocycles. The van der Waals surface area contributed by atoms with E-state index in [4.69, 9.17) is 22.1 Å². The van der Waals surface area contributed by atoms with Crippen LogP contribution in [0.15, 0.2) is 6.07 Å². The fraction of sp³-hybridized carbons (Fsp3) is 0.273. The van der Waals surface area contributed by atoms with E-state index in [0.717, 1.165) is 15.8 Å². The number of anilines is 1. The fourth-order valence-corrected chi connectivity index (χ4v) is 3.05. The molecule has 0 spiro atoms. The molecule has 4 nitrogen and oxygen atoms in total. The van der Waals surface area contributed by atoms with E-state index in [0.29, 0.717) is 22.3 Å². The van der Waals surface area contributed by atoms with Crippen molar-refractivity contribution < 1.29 is 9.53 Å². The molecule has 0 atom stereocenters. The molecule has 0 saturated carbocycles. The van der Waals surface area contributed by atoms with Gasteiger partial charge in [-0.2, -0.15) is 0 Å². The van der Waals surface area contributed by atoms with E-state index in [1.165, 1.54) is 11.3 Å². The molecule has 0 aliphatic carbocycles. The van der Waals surface area contributed by atoms with Crippen LogP contribution in [0, 0.1) is 6.92 Å². The molecular weight excluding hydrogens is 260 g/mol. The molecule has 0 saturated heterocycles. The summed E-state index contributed by atoms with van der Waals surface area (Å²) in [7, 11) is 0. The van der Waals surface area contributed by atoms with Crippen molar-refractivity contribution in [1.82, 2.24) is 4.98 Å². The largest absolute Gasteiger partial charge is 0.462 e. The van der Waals surface area contributed by atoms with E-state index in [-0.39, 0.29) is 0 Å². The van der Waals surface area contributed by atoms with Crippen LogP contribution in [-0.4, -0.2) is 17.6 Å². The zero-order chi connectivity index (χ0) is 12.6. The molecule has 0 radical (unpaired) electrons. The Labute approximate surface area is 107 Å². The third-order valence-corrected chi connectivity index (χ3v) is 3.65. The van der Waals surface area contributed by atoms with E-state index in [1.54, 1.807) is 13.0 Å². The summed E-state index contributed by atoms with van der Waals surface area (Å²) in [4.78, 5) is 16.2. The van der Waals surface area contributed by atoms with E-state index in [9.17, 15) is 4.79 Å². The SMILES string of the molecule is CCOC(=O)c1sc2cc(Cl)nc(C)c2c1N. The van der Waals surface area contributed by atoms with Crippen LogP contribution in [0.2, 0.25) is 5.15 Å². The molecule has 0 aliphatic heterocycles. The number of pyridine rings is 1. The topological polar surface area (TPSA) is 65.2 Å². The molecule has 0 fully saturated rings. The lowest BCUT2D eigenvalue weighted by molar-refractivity contribution is 0.0533. The highest BCUT2D eigenvalue weighted by Crippen LogP contribution is 2.36. The maximum atomic E-state index is 11.7. The smallest absolute Gasteiger partial charge is 0.350 e. The first kappa shape index (κ1) is 12.1. The Morgan fingerprint density at radius 2 is 2.35 bits per heavy atom. The van der Waals surface area contributed by atoms with Gasteiger partial charge in [0, 0.05) is 15.8 Å². The zero-order valence-electron chi connectivity index (χ0n) is 9.41. The van der Waals surface area contributed by atoms with Gasteiger partial charge in [-0.15, -0.1) is 11.3 Å². The molecule has 0 unspecified atom stereocenters. The average Bonchev–Trinajstić information content (AvgIpc) is 2.56. The lowest BCUT2D eigenvalue weighted by atomic mass is 10.2. The van der Waals surface area contributed by atoms with Crippen LogP contribution in [-0.2, 0) is 4.74 Å². The number of hydrogen-bond donors (Lipinski definition) is 1. The third-order valence-electron chi connectivity index (χ3n) is 2.32. The first-order valence-corrected chi connectivity index (χ1v) is 6.26. The summed E-state index contributed by atoms with van der Waals surface area (Å²) in [5, 5.41) is 1.18. The molecule has 2 aromatic rings. The maximum absolute atomic E-state index is 11.7. The van der Waals surface area contributed by atoms with Crippen molar-refractivity contribution in [2.45, 2.75) is 13.8 Å². The van der Waals surface area contributed by atoms with Crippen LogP contribution in [0.5, 0.6) is 0 Å². The molecule has 6 heteroatoms. The van der Waals surface area contributed by atoms with Gasteiger partial charge in [-0.25, -0.2) is 9.78 Å². The molecule has 0 aromatic carbocycles. The molecule has 0 aliphatic rings. The number of aryl methyl sites for hydroxylation is 1. The number of aromatic nitrogens is 1. The standard InChI is InChI=1S/C11H11ClN2O2S/c1-3-16-11(15)10-9(13)8-5(2)14-7(12)4-6(8)17-10/h4H,3,13H2,1-2H3. The van der Waals surface area contributed by atoms with Crippen molar-refractivity contribution in [3.05, 3.63) is 21.8 Å². The first-order chi connectivity index (χ1) is 8.04. The Morgan fingerprint density at radius 1 is 1.65 bits per heavy atom. The number of fused-ring (bicyclic) bond motifs is 1. The zero-order valence-corrected chi connectivity index (χ0v) is 11.0. The minimum Gasteiger partial charge on any atom is -0.462 e. The average molecular weight is 271 g/mol. The number of hydrogen-bond acceptors (Lipinski definition) is 5. The number of carbonyl (C=O) groups excluding carboxylic acids is 1. The van der Waals surface area contributed by atoms with Gasteiger partial charge in [0.2, 0.25) is 0 Å². The third kappa shape index (κ3) is 2.08. The van der Waals surface area contributed by atoms with E-state index < -0.39 is 5.97 Å². The summed E-state index contributed by atoms with van der Waals surface area (Å²) < 4.78 is 5.80. The molecule has 0 bridgehead atoms. The van der Waals surface area contributed by atoms with Crippen molar-refractivity contribution >= 4 is 44.7 Å². The van der Waals surface area contributed by atoms with Gasteiger partial charge in [-0.1, -0.05) is 11.6 Å². The fourth-order valence-electron chi connectivity index (χ4n) is 1.64. The van der Waals surface area contributed by atoms with Gasteiger partial charge in [0.25, 0.3) is 0 Å². The Bertz CT molecular complexity index is 595. The number of nitrogen functional groups attached to an aromatic ring is 1. The van der Waals surface area contributed by atoms with Crippen molar-refractivity contribution in [3.63, 3.8) is 0 Å². The van der Waals surface area contributed by atoms with Crippen LogP contribution < -0.4 is 5.73 Å². The minimum absolute atomic E-state index is 0.324. The maximum Gasteiger partial charge on any atom is 0.350 e. The number of esters is 1.